The van der Waals surface area contributed by atoms with E-state index in [1.54, 1.807) is 13.0 Å². The normalized spacial score (nSPS) is 14.3. The van der Waals surface area contributed by atoms with Crippen LogP contribution in [0.25, 0.3) is 0 Å². The highest BCUT2D eigenvalue weighted by Crippen LogP contribution is 2.24. The highest BCUT2D eigenvalue weighted by atomic mass is 16.3. The van der Waals surface area contributed by atoms with E-state index in [9.17, 15) is 5.11 Å². The summed E-state index contributed by atoms with van der Waals surface area (Å²) in [7, 11) is 0. The minimum atomic E-state index is -0.402. The Bertz CT molecular complexity index is 241. The van der Waals surface area contributed by atoms with E-state index in [1.165, 1.54) is 0 Å². The first-order valence-corrected chi connectivity index (χ1v) is 4.07. The van der Waals surface area contributed by atoms with Gasteiger partial charge in [0.25, 0.3) is 0 Å². The van der Waals surface area contributed by atoms with Crippen molar-refractivity contribution in [3.8, 4) is 0 Å². The van der Waals surface area contributed by atoms with E-state index in [4.69, 9.17) is 0 Å². The number of hydrogen-bond donors (Lipinski definition) is 1. The van der Waals surface area contributed by atoms with Crippen molar-refractivity contribution >= 4 is 0 Å². The molecule has 0 bridgehead atoms. The summed E-state index contributed by atoms with van der Waals surface area (Å²) >= 11 is 0. The van der Waals surface area contributed by atoms with Gasteiger partial charge in [-0.05, 0) is 19.1 Å². The molecule has 0 amide bonds. The summed E-state index contributed by atoms with van der Waals surface area (Å²) in [5.41, 5.74) is 0.581. The van der Waals surface area contributed by atoms with Crippen LogP contribution in [0.3, 0.4) is 0 Å². The van der Waals surface area contributed by atoms with Gasteiger partial charge in [-0.3, -0.25) is 4.98 Å². The molecular formula is C10H14NO. The van der Waals surface area contributed by atoms with Crippen LogP contribution < -0.4 is 0 Å². The molecule has 0 aromatic carbocycles. The van der Waals surface area contributed by atoms with Gasteiger partial charge in [0.05, 0.1) is 12.3 Å². The Labute approximate surface area is 73.3 Å². The van der Waals surface area contributed by atoms with Crippen molar-refractivity contribution in [2.75, 3.05) is 0 Å². The van der Waals surface area contributed by atoms with E-state index >= 15 is 0 Å². The van der Waals surface area contributed by atoms with Crippen LogP contribution in [0.4, 0.5) is 0 Å². The summed E-state index contributed by atoms with van der Waals surface area (Å²) in [4.78, 5) is 4.09. The second kappa shape index (κ2) is 3.23. The number of aliphatic hydroxyl groups is 1. The van der Waals surface area contributed by atoms with Crippen molar-refractivity contribution in [1.29, 1.82) is 0 Å². The molecule has 1 atom stereocenters. The molecule has 0 saturated carbocycles. The SMILES string of the molecule is CC(O)C(C)(C)c1ccc[c]n1. The van der Waals surface area contributed by atoms with Crippen molar-refractivity contribution in [2.24, 2.45) is 0 Å². The van der Waals surface area contributed by atoms with Gasteiger partial charge in [0.15, 0.2) is 0 Å². The summed E-state index contributed by atoms with van der Waals surface area (Å²) in [6.45, 7) is 5.70. The van der Waals surface area contributed by atoms with E-state index < -0.39 is 6.10 Å². The molecule has 1 aromatic rings. The molecular weight excluding hydrogens is 150 g/mol. The third-order valence-electron chi connectivity index (χ3n) is 2.31. The van der Waals surface area contributed by atoms with E-state index in [0.29, 0.717) is 0 Å². The zero-order valence-corrected chi connectivity index (χ0v) is 7.70. The summed E-state index contributed by atoms with van der Waals surface area (Å²) < 4.78 is 0. The third kappa shape index (κ3) is 1.64. The largest absolute Gasteiger partial charge is 0.392 e. The minimum absolute atomic E-state index is 0.294. The molecule has 0 fully saturated rings. The van der Waals surface area contributed by atoms with Crippen molar-refractivity contribution < 1.29 is 5.11 Å². The summed E-state index contributed by atoms with van der Waals surface area (Å²) in [6, 6.07) is 5.54. The van der Waals surface area contributed by atoms with Gasteiger partial charge in [0.2, 0.25) is 0 Å². The Morgan fingerprint density at radius 1 is 1.58 bits per heavy atom. The van der Waals surface area contributed by atoms with Crippen LogP contribution >= 0.6 is 0 Å². The van der Waals surface area contributed by atoms with Crippen LogP contribution in [0, 0.1) is 6.20 Å². The molecule has 0 saturated heterocycles. The van der Waals surface area contributed by atoms with E-state index in [-0.39, 0.29) is 5.41 Å². The van der Waals surface area contributed by atoms with Crippen LogP contribution in [0.1, 0.15) is 26.5 Å². The minimum Gasteiger partial charge on any atom is -0.392 e. The first-order chi connectivity index (χ1) is 5.55. The zero-order chi connectivity index (χ0) is 9.19. The Kier molecular flexibility index (Phi) is 2.48. The molecule has 1 N–H and O–H groups in total. The molecule has 1 unspecified atom stereocenters. The van der Waals surface area contributed by atoms with Gasteiger partial charge in [-0.2, -0.15) is 0 Å². The first-order valence-electron chi connectivity index (χ1n) is 4.07. The predicted octanol–water partition coefficient (Wildman–Crippen LogP) is 1.54. The van der Waals surface area contributed by atoms with Gasteiger partial charge in [-0.25, -0.2) is 0 Å². The smallest absolute Gasteiger partial charge is 0.0889 e. The van der Waals surface area contributed by atoms with E-state index in [2.05, 4.69) is 11.2 Å². The Balaban J connectivity index is 2.98. The van der Waals surface area contributed by atoms with Gasteiger partial charge in [0, 0.05) is 11.1 Å². The average Bonchev–Trinajstić information content (AvgIpc) is 2.06. The molecule has 1 rings (SSSR count). The summed E-state index contributed by atoms with van der Waals surface area (Å²) in [5, 5.41) is 9.48. The molecule has 12 heavy (non-hydrogen) atoms. The number of hydrogen-bond acceptors (Lipinski definition) is 2. The molecule has 0 aliphatic rings. The Hall–Kier alpha value is -0.890. The maximum Gasteiger partial charge on any atom is 0.0889 e. The highest BCUT2D eigenvalue weighted by molar-refractivity contribution is 5.15. The van der Waals surface area contributed by atoms with Gasteiger partial charge < -0.3 is 5.11 Å². The van der Waals surface area contributed by atoms with Crippen LogP contribution in [0.2, 0.25) is 0 Å². The van der Waals surface area contributed by atoms with Crippen LogP contribution in [-0.4, -0.2) is 16.2 Å². The lowest BCUT2D eigenvalue weighted by molar-refractivity contribution is 0.115. The fourth-order valence-electron chi connectivity index (χ4n) is 0.899. The lowest BCUT2D eigenvalue weighted by Crippen LogP contribution is -2.31. The number of rotatable bonds is 2. The molecule has 1 heterocycles. The first kappa shape index (κ1) is 9.20. The van der Waals surface area contributed by atoms with Crippen LogP contribution in [0.5, 0.6) is 0 Å². The fraction of sp³-hybridized carbons (Fsp3) is 0.500. The topological polar surface area (TPSA) is 33.1 Å². The quantitative estimate of drug-likeness (QED) is 0.719. The molecule has 2 heteroatoms. The van der Waals surface area contributed by atoms with Crippen LogP contribution in [-0.2, 0) is 5.41 Å². The van der Waals surface area contributed by atoms with Gasteiger partial charge in [0.1, 0.15) is 0 Å². The molecule has 2 nitrogen and oxygen atoms in total. The van der Waals surface area contributed by atoms with Crippen molar-refractivity contribution in [3.05, 3.63) is 30.1 Å². The van der Waals surface area contributed by atoms with E-state index in [1.807, 2.05) is 26.0 Å². The number of nitrogens with zero attached hydrogens (tertiary/aromatic N) is 1. The monoisotopic (exact) mass is 164 g/mol. The van der Waals surface area contributed by atoms with Gasteiger partial charge in [-0.1, -0.05) is 19.9 Å². The van der Waals surface area contributed by atoms with Gasteiger partial charge in [-0.15, -0.1) is 0 Å². The second-order valence-corrected chi connectivity index (χ2v) is 3.55. The molecule has 0 aliphatic carbocycles. The molecule has 65 valence electrons. The zero-order valence-electron chi connectivity index (χ0n) is 7.70. The van der Waals surface area contributed by atoms with Crippen LogP contribution in [0.15, 0.2) is 18.2 Å². The highest BCUT2D eigenvalue weighted by Gasteiger charge is 2.27. The lowest BCUT2D eigenvalue weighted by atomic mass is 9.83. The van der Waals surface area contributed by atoms with Crippen molar-refractivity contribution in [2.45, 2.75) is 32.3 Å². The summed E-state index contributed by atoms with van der Waals surface area (Å²) in [5.74, 6) is 0. The fourth-order valence-corrected chi connectivity index (χ4v) is 0.899. The third-order valence-corrected chi connectivity index (χ3v) is 2.31. The molecule has 0 aliphatic heterocycles. The standard InChI is InChI=1S/C10H14NO/c1-8(12)10(2,3)9-6-4-5-7-11-9/h4-6,8,12H,1-3H3. The Morgan fingerprint density at radius 2 is 2.25 bits per heavy atom. The van der Waals surface area contributed by atoms with Crippen molar-refractivity contribution in [3.63, 3.8) is 0 Å². The molecule has 1 radical (unpaired) electrons. The van der Waals surface area contributed by atoms with E-state index in [0.717, 1.165) is 5.69 Å². The number of aromatic nitrogens is 1. The lowest BCUT2D eigenvalue weighted by Gasteiger charge is -2.26. The van der Waals surface area contributed by atoms with Gasteiger partial charge >= 0.3 is 0 Å². The number of aliphatic hydroxyl groups excluding tert-OH is 1. The summed E-state index contributed by atoms with van der Waals surface area (Å²) in [6.07, 6.45) is 2.36. The maximum absolute atomic E-state index is 9.48. The molecule has 0 spiro atoms. The predicted molar refractivity (Wildman–Crippen MR) is 47.8 cm³/mol. The number of pyridine rings is 1. The average molecular weight is 164 g/mol. The Morgan fingerprint density at radius 3 is 2.67 bits per heavy atom. The molecule has 1 aromatic heterocycles. The van der Waals surface area contributed by atoms with Crippen molar-refractivity contribution in [1.82, 2.24) is 4.98 Å². The second-order valence-electron chi connectivity index (χ2n) is 3.55. The maximum atomic E-state index is 9.48.